The van der Waals surface area contributed by atoms with Crippen molar-refractivity contribution in [1.82, 2.24) is 4.90 Å². The number of furan rings is 1. The largest absolute Gasteiger partial charge is 0.463 e. The number of carbonyl (C=O) groups is 2. The van der Waals surface area contributed by atoms with E-state index in [1.807, 2.05) is 0 Å². The van der Waals surface area contributed by atoms with E-state index in [0.29, 0.717) is 11.1 Å². The van der Waals surface area contributed by atoms with E-state index in [9.17, 15) is 18.4 Å². The van der Waals surface area contributed by atoms with Crippen LogP contribution in [0.4, 0.5) is 14.5 Å². The van der Waals surface area contributed by atoms with Gasteiger partial charge < -0.3 is 14.5 Å². The lowest BCUT2D eigenvalue weighted by atomic mass is 10.1. The smallest absolute Gasteiger partial charge is 0.374 e. The van der Waals surface area contributed by atoms with Crippen LogP contribution in [0.1, 0.15) is 21.7 Å². The van der Waals surface area contributed by atoms with Crippen molar-refractivity contribution in [2.24, 2.45) is 0 Å². The molecule has 1 heterocycles. The fourth-order valence-corrected chi connectivity index (χ4v) is 2.96. The number of nitrogens with zero attached hydrogens (tertiary/aromatic N) is 1. The molecule has 0 spiro atoms. The highest BCUT2D eigenvalue weighted by atomic mass is 19.1. The molecule has 3 rings (SSSR count). The molecule has 0 fully saturated rings. The lowest BCUT2D eigenvalue weighted by molar-refractivity contribution is -0.117. The first-order chi connectivity index (χ1) is 14.5. The molecule has 156 valence electrons. The van der Waals surface area contributed by atoms with E-state index >= 15 is 0 Å². The first kappa shape index (κ1) is 21.2. The number of methoxy groups -OCH3 is 1. The molecule has 30 heavy (non-hydrogen) atoms. The number of nitrogens with one attached hydrogen (secondary N) is 1. The summed E-state index contributed by atoms with van der Waals surface area (Å²) in [6.45, 7) is 0.0254. The Kier molecular flexibility index (Phi) is 6.92. The Hall–Kier alpha value is -3.52. The average molecular weight is 414 g/mol. The van der Waals surface area contributed by atoms with Gasteiger partial charge in [0, 0.05) is 24.2 Å². The Morgan fingerprint density at radius 1 is 0.967 bits per heavy atom. The van der Waals surface area contributed by atoms with E-state index < -0.39 is 23.5 Å². The molecule has 0 saturated heterocycles. The topological polar surface area (TPSA) is 71.8 Å². The maximum absolute atomic E-state index is 14.2. The number of esters is 1. The SMILES string of the molecule is COC(=O)c1occc1CN(CC(=O)Nc1ccccc1F)Cc1ccccc1F. The molecule has 6 nitrogen and oxygen atoms in total. The maximum atomic E-state index is 14.2. The minimum atomic E-state index is -0.656. The van der Waals surface area contributed by atoms with Crippen molar-refractivity contribution in [3.05, 3.63) is 89.4 Å². The summed E-state index contributed by atoms with van der Waals surface area (Å²) < 4.78 is 37.9. The molecule has 0 aliphatic heterocycles. The first-order valence-electron chi connectivity index (χ1n) is 9.12. The standard InChI is InChI=1S/C22H20F2N2O4/c1-29-22(28)21-16(10-11-30-21)13-26(12-15-6-2-3-7-17(15)23)14-20(27)25-19-9-5-4-8-18(19)24/h2-11H,12-14H2,1H3,(H,25,27). The zero-order chi connectivity index (χ0) is 21.5. The number of para-hydroxylation sites is 1. The third-order valence-corrected chi connectivity index (χ3v) is 4.38. The lowest BCUT2D eigenvalue weighted by Gasteiger charge is -2.22. The first-order valence-corrected chi connectivity index (χ1v) is 9.12. The number of hydrogen-bond donors (Lipinski definition) is 1. The van der Waals surface area contributed by atoms with Crippen molar-refractivity contribution in [2.75, 3.05) is 19.0 Å². The van der Waals surface area contributed by atoms with E-state index in [2.05, 4.69) is 5.32 Å². The van der Waals surface area contributed by atoms with Gasteiger partial charge >= 0.3 is 5.97 Å². The molecule has 0 bridgehead atoms. The number of benzene rings is 2. The monoisotopic (exact) mass is 414 g/mol. The van der Waals surface area contributed by atoms with E-state index in [0.717, 1.165) is 0 Å². The van der Waals surface area contributed by atoms with Crippen molar-refractivity contribution in [2.45, 2.75) is 13.1 Å². The average Bonchev–Trinajstić information content (AvgIpc) is 3.19. The normalized spacial score (nSPS) is 10.8. The van der Waals surface area contributed by atoms with Gasteiger partial charge in [0.15, 0.2) is 0 Å². The Morgan fingerprint density at radius 3 is 2.33 bits per heavy atom. The van der Waals surface area contributed by atoms with Gasteiger partial charge in [0.25, 0.3) is 0 Å². The van der Waals surface area contributed by atoms with E-state index in [4.69, 9.17) is 9.15 Å². The molecule has 1 amide bonds. The van der Waals surface area contributed by atoms with Crippen LogP contribution in [0.3, 0.4) is 0 Å². The molecule has 0 aliphatic rings. The molecule has 0 saturated carbocycles. The van der Waals surface area contributed by atoms with Gasteiger partial charge in [-0.25, -0.2) is 13.6 Å². The molecule has 0 aliphatic carbocycles. The summed E-state index contributed by atoms with van der Waals surface area (Å²) in [6, 6.07) is 13.6. The summed E-state index contributed by atoms with van der Waals surface area (Å²) in [5, 5.41) is 2.50. The highest BCUT2D eigenvalue weighted by Gasteiger charge is 2.21. The van der Waals surface area contributed by atoms with Gasteiger partial charge in [-0.15, -0.1) is 0 Å². The van der Waals surface area contributed by atoms with E-state index in [1.54, 1.807) is 35.2 Å². The number of halogens is 2. The van der Waals surface area contributed by atoms with Crippen LogP contribution in [0.15, 0.2) is 65.3 Å². The molecule has 3 aromatic rings. The van der Waals surface area contributed by atoms with Crippen LogP contribution in [0, 0.1) is 11.6 Å². The van der Waals surface area contributed by atoms with Gasteiger partial charge in [-0.05, 0) is 24.3 Å². The van der Waals surface area contributed by atoms with Gasteiger partial charge in [-0.2, -0.15) is 0 Å². The summed E-state index contributed by atoms with van der Waals surface area (Å²) in [6.07, 6.45) is 1.34. The zero-order valence-corrected chi connectivity index (χ0v) is 16.2. The van der Waals surface area contributed by atoms with Crippen LogP contribution in [-0.2, 0) is 22.6 Å². The second-order valence-corrected chi connectivity index (χ2v) is 6.53. The van der Waals surface area contributed by atoms with E-state index in [1.165, 1.54) is 37.6 Å². The fourth-order valence-electron chi connectivity index (χ4n) is 2.96. The van der Waals surface area contributed by atoms with Gasteiger partial charge in [0.2, 0.25) is 11.7 Å². The second-order valence-electron chi connectivity index (χ2n) is 6.53. The fraction of sp³-hybridized carbons (Fsp3) is 0.182. The number of rotatable bonds is 8. The molecule has 2 aromatic carbocycles. The van der Waals surface area contributed by atoms with E-state index in [-0.39, 0.29) is 31.1 Å². The summed E-state index contributed by atoms with van der Waals surface area (Å²) in [5.74, 6) is -2.12. The zero-order valence-electron chi connectivity index (χ0n) is 16.2. The highest BCUT2D eigenvalue weighted by molar-refractivity contribution is 5.92. The number of carbonyl (C=O) groups excluding carboxylic acids is 2. The van der Waals surface area contributed by atoms with Crippen molar-refractivity contribution in [3.63, 3.8) is 0 Å². The summed E-state index contributed by atoms with van der Waals surface area (Å²) in [4.78, 5) is 26.0. The quantitative estimate of drug-likeness (QED) is 0.565. The summed E-state index contributed by atoms with van der Waals surface area (Å²) >= 11 is 0. The van der Waals surface area contributed by atoms with Gasteiger partial charge in [-0.1, -0.05) is 30.3 Å². The van der Waals surface area contributed by atoms with Crippen LogP contribution in [-0.4, -0.2) is 30.4 Å². The second kappa shape index (κ2) is 9.80. The number of amides is 1. The summed E-state index contributed by atoms with van der Waals surface area (Å²) in [7, 11) is 1.23. The third-order valence-electron chi connectivity index (χ3n) is 4.38. The molecular weight excluding hydrogens is 394 g/mol. The van der Waals surface area contributed by atoms with Crippen LogP contribution < -0.4 is 5.32 Å². The maximum Gasteiger partial charge on any atom is 0.374 e. The van der Waals surface area contributed by atoms with Crippen LogP contribution in [0.25, 0.3) is 0 Å². The molecule has 0 unspecified atom stereocenters. The Labute approximate surface area is 172 Å². The van der Waals surface area contributed by atoms with Crippen molar-refractivity contribution >= 4 is 17.6 Å². The van der Waals surface area contributed by atoms with Gasteiger partial charge in [0.1, 0.15) is 11.6 Å². The molecule has 1 N–H and O–H groups in total. The molecule has 0 radical (unpaired) electrons. The number of hydrogen-bond acceptors (Lipinski definition) is 5. The Morgan fingerprint density at radius 2 is 1.63 bits per heavy atom. The Balaban J connectivity index is 1.80. The minimum Gasteiger partial charge on any atom is -0.463 e. The summed E-state index contributed by atoms with van der Waals surface area (Å²) in [5.41, 5.74) is 0.906. The Bertz CT molecular complexity index is 1040. The molecule has 1 aromatic heterocycles. The predicted octanol–water partition coefficient (Wildman–Crippen LogP) is 3.99. The van der Waals surface area contributed by atoms with Crippen LogP contribution in [0.2, 0.25) is 0 Å². The van der Waals surface area contributed by atoms with Crippen LogP contribution >= 0.6 is 0 Å². The number of ether oxygens (including phenoxy) is 1. The predicted molar refractivity (Wildman–Crippen MR) is 106 cm³/mol. The lowest BCUT2D eigenvalue weighted by Crippen LogP contribution is -2.33. The molecule has 0 atom stereocenters. The van der Waals surface area contributed by atoms with Gasteiger partial charge in [0.05, 0.1) is 25.6 Å². The molecule has 8 heteroatoms. The van der Waals surface area contributed by atoms with Crippen molar-refractivity contribution < 1.29 is 27.5 Å². The van der Waals surface area contributed by atoms with Crippen LogP contribution in [0.5, 0.6) is 0 Å². The molecular formula is C22H20F2N2O4. The minimum absolute atomic E-state index is 0.00513. The number of anilines is 1. The third kappa shape index (κ3) is 5.30. The van der Waals surface area contributed by atoms with Gasteiger partial charge in [-0.3, -0.25) is 9.69 Å². The highest BCUT2D eigenvalue weighted by Crippen LogP contribution is 2.18. The van der Waals surface area contributed by atoms with Crippen molar-refractivity contribution in [1.29, 1.82) is 0 Å². The van der Waals surface area contributed by atoms with Crippen molar-refractivity contribution in [3.8, 4) is 0 Å².